The molecule has 1 heterocycles. The van der Waals surface area contributed by atoms with Crippen LogP contribution in [0, 0.1) is 0 Å². The van der Waals surface area contributed by atoms with Crippen LogP contribution in [0.4, 0.5) is 0 Å². The first-order chi connectivity index (χ1) is 13.6. The maximum Gasteiger partial charge on any atom is 0.336 e. The van der Waals surface area contributed by atoms with Crippen LogP contribution < -0.4 is 10.5 Å². The van der Waals surface area contributed by atoms with Crippen LogP contribution in [0.25, 0.3) is 33.4 Å². The molecule has 0 aromatic heterocycles. The standard InChI is InChI=1S/C24H20O5/c1-24(2,3)13-4-7-16(23(27)28)19(10-13)22-17-8-5-14(25)11-20(17)29-21-12-15(26)6-9-18(21)22/h4-12,25H,1-3H3,(H,27,28)/p-1. The molecule has 2 aromatic carbocycles. The third kappa shape index (κ3) is 3.25. The molecule has 146 valence electrons. The lowest BCUT2D eigenvalue weighted by Crippen LogP contribution is -2.12. The van der Waals surface area contributed by atoms with Gasteiger partial charge in [-0.05, 0) is 46.9 Å². The van der Waals surface area contributed by atoms with Crippen molar-refractivity contribution in [3.63, 3.8) is 0 Å². The minimum atomic E-state index is -1.05. The Kier molecular flexibility index (Phi) is 4.19. The molecular weight excluding hydrogens is 368 g/mol. The normalized spacial score (nSPS) is 11.8. The Bertz CT molecular complexity index is 1290. The first-order valence-corrected chi connectivity index (χ1v) is 9.21. The molecule has 1 N–H and O–H groups in total. The van der Waals surface area contributed by atoms with Crippen molar-refractivity contribution < 1.29 is 19.4 Å². The molecule has 1 aliphatic carbocycles. The van der Waals surface area contributed by atoms with Gasteiger partial charge in [-0.15, -0.1) is 5.75 Å². The molecule has 1 aliphatic heterocycles. The molecule has 29 heavy (non-hydrogen) atoms. The minimum Gasteiger partial charge on any atom is -0.872 e. The number of hydrogen-bond donors (Lipinski definition) is 1. The second kappa shape index (κ2) is 6.48. The lowest BCUT2D eigenvalue weighted by atomic mass is 9.82. The average Bonchev–Trinajstić information content (AvgIpc) is 2.64. The molecule has 0 fully saturated rings. The highest BCUT2D eigenvalue weighted by molar-refractivity contribution is 6.07. The van der Waals surface area contributed by atoms with E-state index in [9.17, 15) is 19.8 Å². The van der Waals surface area contributed by atoms with E-state index in [0.29, 0.717) is 33.4 Å². The Balaban J connectivity index is 2.20. The van der Waals surface area contributed by atoms with Crippen molar-refractivity contribution in [1.29, 1.82) is 0 Å². The summed E-state index contributed by atoms with van der Waals surface area (Å²) in [7, 11) is 0. The number of rotatable bonds is 2. The number of carboxylic acid groups (broad SMARTS) is 1. The van der Waals surface area contributed by atoms with Crippen LogP contribution in [0.15, 0.2) is 63.8 Å². The van der Waals surface area contributed by atoms with Crippen LogP contribution in [0.1, 0.15) is 36.7 Å². The number of carboxylic acids is 1. The third-order valence-corrected chi connectivity index (χ3v) is 5.05. The first-order valence-electron chi connectivity index (χ1n) is 9.21. The van der Waals surface area contributed by atoms with Gasteiger partial charge in [0.2, 0.25) is 0 Å². The third-order valence-electron chi connectivity index (χ3n) is 5.05. The van der Waals surface area contributed by atoms with Crippen molar-refractivity contribution in [2.45, 2.75) is 26.2 Å². The second-order valence-electron chi connectivity index (χ2n) is 8.11. The molecule has 0 atom stereocenters. The Hall–Kier alpha value is -3.60. The Morgan fingerprint density at radius 2 is 1.72 bits per heavy atom. The second-order valence-corrected chi connectivity index (χ2v) is 8.11. The molecule has 0 unspecified atom stereocenters. The highest BCUT2D eigenvalue weighted by Gasteiger charge is 2.24. The van der Waals surface area contributed by atoms with Gasteiger partial charge in [0.1, 0.15) is 11.3 Å². The van der Waals surface area contributed by atoms with Crippen LogP contribution in [0.3, 0.4) is 0 Å². The van der Waals surface area contributed by atoms with Crippen molar-refractivity contribution in [1.82, 2.24) is 0 Å². The molecule has 0 spiro atoms. The fourth-order valence-corrected chi connectivity index (χ4v) is 3.55. The summed E-state index contributed by atoms with van der Waals surface area (Å²) in [5, 5.41) is 22.3. The Labute approximate surface area is 167 Å². The maximum atomic E-state index is 12.0. The van der Waals surface area contributed by atoms with Gasteiger partial charge in [-0.2, -0.15) is 0 Å². The number of benzene rings is 3. The fourth-order valence-electron chi connectivity index (χ4n) is 3.55. The van der Waals surface area contributed by atoms with Gasteiger partial charge >= 0.3 is 5.97 Å². The largest absolute Gasteiger partial charge is 0.872 e. The van der Waals surface area contributed by atoms with Gasteiger partial charge in [-0.3, -0.25) is 4.79 Å². The summed E-state index contributed by atoms with van der Waals surface area (Å²) >= 11 is 0. The zero-order valence-corrected chi connectivity index (χ0v) is 16.3. The number of hydrogen-bond acceptors (Lipinski definition) is 4. The molecule has 2 aliphatic rings. The van der Waals surface area contributed by atoms with E-state index in [2.05, 4.69) is 20.8 Å². The fraction of sp³-hybridized carbons (Fsp3) is 0.167. The SMILES string of the molecule is CC(C)(C)c1ccc(C(=O)O)c(-c2c3ccc(=O)cc-3oc3cc([O-])ccc23)c1. The predicted molar refractivity (Wildman–Crippen MR) is 110 cm³/mol. The number of carbonyl (C=O) groups is 1. The van der Waals surface area contributed by atoms with Gasteiger partial charge in [0.15, 0.2) is 5.43 Å². The predicted octanol–water partition coefficient (Wildman–Crippen LogP) is 4.63. The molecule has 0 radical (unpaired) electrons. The molecule has 2 aromatic rings. The van der Waals surface area contributed by atoms with Gasteiger partial charge in [0, 0.05) is 22.6 Å². The quantitative estimate of drug-likeness (QED) is 0.506. The van der Waals surface area contributed by atoms with E-state index in [1.165, 1.54) is 24.3 Å². The van der Waals surface area contributed by atoms with E-state index < -0.39 is 5.97 Å². The van der Waals surface area contributed by atoms with E-state index >= 15 is 0 Å². The van der Waals surface area contributed by atoms with Crippen LogP contribution >= 0.6 is 0 Å². The summed E-state index contributed by atoms with van der Waals surface area (Å²) in [6.45, 7) is 6.16. The molecular formula is C24H19O5-. The number of fused-ring (bicyclic) bond motifs is 2. The highest BCUT2D eigenvalue weighted by atomic mass is 16.4. The maximum absolute atomic E-state index is 12.0. The van der Waals surface area contributed by atoms with Gasteiger partial charge in [-0.1, -0.05) is 39.0 Å². The number of aromatic carboxylic acids is 1. The van der Waals surface area contributed by atoms with Crippen molar-refractivity contribution in [2.75, 3.05) is 0 Å². The lowest BCUT2D eigenvalue weighted by Gasteiger charge is -2.23. The molecule has 0 saturated heterocycles. The van der Waals surface area contributed by atoms with E-state index in [4.69, 9.17) is 4.42 Å². The van der Waals surface area contributed by atoms with Crippen LogP contribution in [0.5, 0.6) is 5.75 Å². The molecule has 0 amide bonds. The summed E-state index contributed by atoms with van der Waals surface area (Å²) in [6.07, 6.45) is 0. The van der Waals surface area contributed by atoms with Crippen molar-refractivity contribution in [3.05, 3.63) is 75.9 Å². The van der Waals surface area contributed by atoms with E-state index in [1.807, 2.05) is 12.1 Å². The van der Waals surface area contributed by atoms with E-state index in [1.54, 1.807) is 18.2 Å². The molecule has 0 bridgehead atoms. The van der Waals surface area contributed by atoms with E-state index in [-0.39, 0.29) is 22.2 Å². The average molecular weight is 387 g/mol. The van der Waals surface area contributed by atoms with Crippen molar-refractivity contribution in [3.8, 4) is 28.2 Å². The van der Waals surface area contributed by atoms with E-state index in [0.717, 1.165) is 5.56 Å². The smallest absolute Gasteiger partial charge is 0.336 e. The van der Waals surface area contributed by atoms with Crippen molar-refractivity contribution >= 4 is 16.9 Å². The first kappa shape index (κ1) is 18.7. The zero-order chi connectivity index (χ0) is 20.9. The van der Waals surface area contributed by atoms with Crippen LogP contribution in [-0.4, -0.2) is 11.1 Å². The van der Waals surface area contributed by atoms with Gasteiger partial charge in [0.25, 0.3) is 0 Å². The summed E-state index contributed by atoms with van der Waals surface area (Å²) < 4.78 is 5.82. The van der Waals surface area contributed by atoms with Gasteiger partial charge in [0.05, 0.1) is 5.56 Å². The van der Waals surface area contributed by atoms with Crippen LogP contribution in [-0.2, 0) is 5.41 Å². The Morgan fingerprint density at radius 1 is 0.966 bits per heavy atom. The van der Waals surface area contributed by atoms with Gasteiger partial charge < -0.3 is 14.6 Å². The lowest BCUT2D eigenvalue weighted by molar-refractivity contribution is -0.268. The molecule has 5 nitrogen and oxygen atoms in total. The summed E-state index contributed by atoms with van der Waals surface area (Å²) in [6, 6.07) is 14.1. The zero-order valence-electron chi connectivity index (χ0n) is 16.3. The topological polar surface area (TPSA) is 90.6 Å². The molecule has 5 heteroatoms. The van der Waals surface area contributed by atoms with Gasteiger partial charge in [-0.25, -0.2) is 4.79 Å². The summed E-state index contributed by atoms with van der Waals surface area (Å²) in [4.78, 5) is 23.9. The Morgan fingerprint density at radius 3 is 2.41 bits per heavy atom. The van der Waals surface area contributed by atoms with Crippen molar-refractivity contribution in [2.24, 2.45) is 0 Å². The highest BCUT2D eigenvalue weighted by Crippen LogP contribution is 2.42. The summed E-state index contributed by atoms with van der Waals surface area (Å²) in [5.74, 6) is -0.974. The summed E-state index contributed by atoms with van der Waals surface area (Å²) in [5.41, 5.74) is 2.77. The molecule has 0 saturated carbocycles. The minimum absolute atomic E-state index is 0.143. The van der Waals surface area contributed by atoms with Crippen LogP contribution in [0.2, 0.25) is 0 Å². The monoisotopic (exact) mass is 387 g/mol. The molecule has 4 rings (SSSR count).